The summed E-state index contributed by atoms with van der Waals surface area (Å²) in [7, 11) is 0. The summed E-state index contributed by atoms with van der Waals surface area (Å²) < 4.78 is 4.69. The highest BCUT2D eigenvalue weighted by Crippen LogP contribution is 2.09. The van der Waals surface area contributed by atoms with Gasteiger partial charge in [0.2, 0.25) is 23.6 Å². The van der Waals surface area contributed by atoms with Gasteiger partial charge in [-0.05, 0) is 31.6 Å². The fraction of sp³-hybridized carbons (Fsp3) is 0.615. The van der Waals surface area contributed by atoms with Crippen LogP contribution in [0.5, 0.6) is 0 Å². The Morgan fingerprint density at radius 2 is 1.56 bits per heavy atom. The normalized spacial score (nSPS) is 13.8. The Morgan fingerprint density at radius 1 is 0.884 bits per heavy atom. The first kappa shape index (κ1) is 36.5. The maximum Gasteiger partial charge on any atom is 0.329 e. The number of carboxylic acids is 1. The topological polar surface area (TPSA) is 255 Å². The highest BCUT2D eigenvalue weighted by atomic mass is 16.5. The van der Waals surface area contributed by atoms with Gasteiger partial charge < -0.3 is 42.2 Å². The molecule has 0 spiro atoms. The number of unbranched alkanes of at least 4 members (excludes halogenated alkanes) is 2. The van der Waals surface area contributed by atoms with Crippen molar-refractivity contribution in [2.45, 2.75) is 64.5 Å². The molecule has 0 unspecified atom stereocenters. The quantitative estimate of drug-likeness (QED) is 0.0420. The van der Waals surface area contributed by atoms with Crippen LogP contribution in [-0.2, 0) is 38.3 Å². The minimum Gasteiger partial charge on any atom is -0.480 e. The molecular weight excluding hydrogens is 570 g/mol. The van der Waals surface area contributed by atoms with Gasteiger partial charge in [-0.1, -0.05) is 20.3 Å². The van der Waals surface area contributed by atoms with Crippen molar-refractivity contribution in [2.24, 2.45) is 11.7 Å². The van der Waals surface area contributed by atoms with Gasteiger partial charge in [0, 0.05) is 31.7 Å². The lowest BCUT2D eigenvalue weighted by Gasteiger charge is -2.25. The number of amides is 8. The predicted octanol–water partition coefficient (Wildman–Crippen LogP) is -2.16. The van der Waals surface area contributed by atoms with Gasteiger partial charge in [-0.15, -0.1) is 0 Å². The number of rotatable bonds is 21. The maximum atomic E-state index is 13.1. The van der Waals surface area contributed by atoms with Crippen LogP contribution >= 0.6 is 0 Å². The molecule has 1 aliphatic rings. The average Bonchev–Trinajstić information content (AvgIpc) is 3.25. The van der Waals surface area contributed by atoms with Crippen molar-refractivity contribution < 1.29 is 48.2 Å². The van der Waals surface area contributed by atoms with E-state index in [1.165, 1.54) is 12.2 Å². The number of urea groups is 1. The van der Waals surface area contributed by atoms with E-state index in [2.05, 4.69) is 26.6 Å². The molecule has 1 aliphatic heterocycles. The van der Waals surface area contributed by atoms with Crippen LogP contribution in [0.15, 0.2) is 12.2 Å². The lowest BCUT2D eigenvalue weighted by atomic mass is 10.0. The highest BCUT2D eigenvalue weighted by Gasteiger charge is 2.29. The number of nitrogens with one attached hydrogen (secondary N) is 5. The molecule has 0 aromatic heterocycles. The van der Waals surface area contributed by atoms with Gasteiger partial charge in [0.1, 0.15) is 25.4 Å². The fourth-order valence-electron chi connectivity index (χ4n) is 3.84. The summed E-state index contributed by atoms with van der Waals surface area (Å²) >= 11 is 0. The standard InChI is InChI=1S/C26H41N7O10/c1-16(2)23(32-18(34)8-4-3-5-12-33-20(36)9-10-21(33)37)25(41)31-17(7-6-11-28-26(27)42)24(40)29-13-19(35)30-15-43-14-22(38)39/h9-10,16-17,23H,3-8,11-15H2,1-2H3,(H,29,40)(H,30,35)(H,31,41)(H,32,34)(H,38,39)(H3,27,28,42)/t17-,23-/m0/s1. The molecule has 0 aromatic rings. The van der Waals surface area contributed by atoms with Crippen molar-refractivity contribution in [3.63, 3.8) is 0 Å². The van der Waals surface area contributed by atoms with Crippen LogP contribution in [0.25, 0.3) is 0 Å². The van der Waals surface area contributed by atoms with E-state index in [4.69, 9.17) is 15.6 Å². The molecule has 8 N–H and O–H groups in total. The first-order chi connectivity index (χ1) is 20.3. The van der Waals surface area contributed by atoms with E-state index in [1.807, 2.05) is 0 Å². The summed E-state index contributed by atoms with van der Waals surface area (Å²) in [6.45, 7) is 2.32. The molecule has 1 heterocycles. The third kappa shape index (κ3) is 15.3. The molecule has 240 valence electrons. The Labute approximate surface area is 248 Å². The van der Waals surface area contributed by atoms with Gasteiger partial charge >= 0.3 is 12.0 Å². The van der Waals surface area contributed by atoms with Crippen molar-refractivity contribution in [2.75, 3.05) is 33.0 Å². The Kier molecular flexibility index (Phi) is 16.6. The molecule has 0 radical (unpaired) electrons. The third-order valence-corrected chi connectivity index (χ3v) is 6.07. The molecule has 2 atom stereocenters. The van der Waals surface area contributed by atoms with E-state index < -0.39 is 60.9 Å². The monoisotopic (exact) mass is 611 g/mol. The number of carbonyl (C=O) groups is 8. The second kappa shape index (κ2) is 19.6. The number of nitrogens with two attached hydrogens (primary N) is 1. The molecule has 17 nitrogen and oxygen atoms in total. The van der Waals surface area contributed by atoms with Gasteiger partial charge in [0.25, 0.3) is 11.8 Å². The molecule has 0 aliphatic carbocycles. The molecule has 0 aromatic carbocycles. The molecule has 1 rings (SSSR count). The lowest BCUT2D eigenvalue weighted by molar-refractivity contribution is -0.143. The second-order valence-electron chi connectivity index (χ2n) is 9.96. The van der Waals surface area contributed by atoms with Gasteiger partial charge in [-0.25, -0.2) is 9.59 Å². The predicted molar refractivity (Wildman–Crippen MR) is 149 cm³/mol. The Bertz CT molecular complexity index is 1040. The number of hydrogen-bond donors (Lipinski definition) is 7. The number of primary amides is 1. The fourth-order valence-corrected chi connectivity index (χ4v) is 3.84. The molecule has 0 fully saturated rings. The molecule has 8 amide bonds. The maximum absolute atomic E-state index is 13.1. The Hall–Kier alpha value is -4.54. The largest absolute Gasteiger partial charge is 0.480 e. The first-order valence-corrected chi connectivity index (χ1v) is 13.8. The van der Waals surface area contributed by atoms with Crippen LogP contribution in [0, 0.1) is 5.92 Å². The number of carboxylic acid groups (broad SMARTS) is 1. The van der Waals surface area contributed by atoms with Crippen LogP contribution in [0.3, 0.4) is 0 Å². The smallest absolute Gasteiger partial charge is 0.329 e. The summed E-state index contributed by atoms with van der Waals surface area (Å²) in [6, 6.07) is -2.86. The van der Waals surface area contributed by atoms with E-state index in [0.717, 1.165) is 4.90 Å². The first-order valence-electron chi connectivity index (χ1n) is 13.8. The Morgan fingerprint density at radius 3 is 2.16 bits per heavy atom. The molecule has 0 saturated carbocycles. The van der Waals surface area contributed by atoms with Crippen molar-refractivity contribution in [3.05, 3.63) is 12.2 Å². The molecule has 0 bridgehead atoms. The molecule has 0 saturated heterocycles. The van der Waals surface area contributed by atoms with Crippen LogP contribution in [0.2, 0.25) is 0 Å². The number of aliphatic carboxylic acids is 1. The van der Waals surface area contributed by atoms with Crippen molar-refractivity contribution in [1.82, 2.24) is 31.5 Å². The van der Waals surface area contributed by atoms with Crippen molar-refractivity contribution in [3.8, 4) is 0 Å². The van der Waals surface area contributed by atoms with E-state index in [1.54, 1.807) is 13.8 Å². The third-order valence-electron chi connectivity index (χ3n) is 6.07. The zero-order chi connectivity index (χ0) is 32.4. The summed E-state index contributed by atoms with van der Waals surface area (Å²) in [6.07, 6.45) is 4.39. The van der Waals surface area contributed by atoms with E-state index >= 15 is 0 Å². The van der Waals surface area contributed by atoms with E-state index in [9.17, 15) is 38.4 Å². The summed E-state index contributed by atoms with van der Waals surface area (Å²) in [5.41, 5.74) is 5.05. The number of imide groups is 1. The van der Waals surface area contributed by atoms with Crippen LogP contribution in [-0.4, -0.2) is 103 Å². The number of hydrogen-bond acceptors (Lipinski definition) is 9. The zero-order valence-electron chi connectivity index (χ0n) is 24.3. The summed E-state index contributed by atoms with van der Waals surface area (Å²) in [5.74, 6) is -4.68. The van der Waals surface area contributed by atoms with Gasteiger partial charge in [-0.3, -0.25) is 33.7 Å². The van der Waals surface area contributed by atoms with E-state index in [0.29, 0.717) is 19.3 Å². The number of carbonyl (C=O) groups excluding carboxylic acids is 7. The van der Waals surface area contributed by atoms with E-state index in [-0.39, 0.29) is 56.8 Å². The Balaban J connectivity index is 2.62. The van der Waals surface area contributed by atoms with Gasteiger partial charge in [0.05, 0.1) is 6.54 Å². The molecule has 17 heteroatoms. The number of ether oxygens (including phenoxy) is 1. The average molecular weight is 612 g/mol. The SMILES string of the molecule is CC(C)[C@H](NC(=O)CCCCCN1C(=O)C=CC1=O)C(=O)N[C@@H](CCCNC(N)=O)C(=O)NCC(=O)NCOCC(=O)O. The highest BCUT2D eigenvalue weighted by molar-refractivity contribution is 6.12. The van der Waals surface area contributed by atoms with Crippen LogP contribution in [0.4, 0.5) is 4.79 Å². The van der Waals surface area contributed by atoms with Gasteiger partial charge in [0.15, 0.2) is 0 Å². The van der Waals surface area contributed by atoms with Crippen molar-refractivity contribution in [1.29, 1.82) is 0 Å². The van der Waals surface area contributed by atoms with Crippen LogP contribution < -0.4 is 32.3 Å². The summed E-state index contributed by atoms with van der Waals surface area (Å²) in [5, 5.41) is 20.8. The molecular formula is C26H41N7O10. The molecule has 43 heavy (non-hydrogen) atoms. The number of nitrogens with zero attached hydrogens (tertiary/aromatic N) is 1. The van der Waals surface area contributed by atoms with Crippen molar-refractivity contribution >= 4 is 47.4 Å². The van der Waals surface area contributed by atoms with Gasteiger partial charge in [-0.2, -0.15) is 0 Å². The summed E-state index contributed by atoms with van der Waals surface area (Å²) in [4.78, 5) is 96.1. The van der Waals surface area contributed by atoms with Crippen LogP contribution in [0.1, 0.15) is 52.4 Å². The lowest BCUT2D eigenvalue weighted by Crippen LogP contribution is -2.56. The zero-order valence-corrected chi connectivity index (χ0v) is 24.3. The minimum absolute atomic E-state index is 0.0670. The minimum atomic E-state index is -1.22. The second-order valence-corrected chi connectivity index (χ2v) is 9.96.